The molecule has 0 aromatic heterocycles. The maximum atomic E-state index is 13.9. The van der Waals surface area contributed by atoms with E-state index in [2.05, 4.69) is 5.32 Å². The number of amides is 2. The molecule has 202 valence electrons. The van der Waals surface area contributed by atoms with Crippen molar-refractivity contribution in [3.8, 4) is 0 Å². The van der Waals surface area contributed by atoms with Gasteiger partial charge in [-0.1, -0.05) is 73.5 Å². The maximum Gasteiger partial charge on any atom is 0.264 e. The van der Waals surface area contributed by atoms with E-state index in [1.807, 2.05) is 13.0 Å². The summed E-state index contributed by atoms with van der Waals surface area (Å²) in [7, 11) is -4.08. The fraction of sp³-hybridized carbons (Fsp3) is 0.310. The Balaban J connectivity index is 1.99. The average Bonchev–Trinajstić information content (AvgIpc) is 2.92. The van der Waals surface area contributed by atoms with Crippen LogP contribution >= 0.6 is 11.6 Å². The molecule has 1 atom stereocenters. The third-order valence-corrected chi connectivity index (χ3v) is 8.28. The van der Waals surface area contributed by atoms with Gasteiger partial charge in [-0.05, 0) is 61.7 Å². The summed E-state index contributed by atoms with van der Waals surface area (Å²) in [6.07, 6.45) is 1.74. The van der Waals surface area contributed by atoms with E-state index < -0.39 is 28.5 Å². The van der Waals surface area contributed by atoms with Crippen molar-refractivity contribution < 1.29 is 18.0 Å². The number of nitrogens with zero attached hydrogens (tertiary/aromatic N) is 2. The molecule has 0 fully saturated rings. The van der Waals surface area contributed by atoms with Crippen LogP contribution in [-0.2, 0) is 26.2 Å². The number of aryl methyl sites for hydroxylation is 1. The third kappa shape index (κ3) is 7.36. The smallest absolute Gasteiger partial charge is 0.264 e. The molecule has 0 aliphatic carbocycles. The summed E-state index contributed by atoms with van der Waals surface area (Å²) in [5.41, 5.74) is 1.87. The summed E-state index contributed by atoms with van der Waals surface area (Å²) in [4.78, 5) is 28.3. The van der Waals surface area contributed by atoms with Gasteiger partial charge in [-0.3, -0.25) is 13.9 Å². The minimum absolute atomic E-state index is 0.0747. The van der Waals surface area contributed by atoms with Crippen molar-refractivity contribution in [1.82, 2.24) is 10.2 Å². The minimum atomic E-state index is -4.08. The highest BCUT2D eigenvalue weighted by atomic mass is 35.5. The van der Waals surface area contributed by atoms with E-state index in [1.165, 1.54) is 17.0 Å². The van der Waals surface area contributed by atoms with Gasteiger partial charge in [0.15, 0.2) is 0 Å². The van der Waals surface area contributed by atoms with E-state index in [9.17, 15) is 18.0 Å². The normalized spacial score (nSPS) is 12.0. The van der Waals surface area contributed by atoms with Crippen molar-refractivity contribution in [3.63, 3.8) is 0 Å². The zero-order valence-corrected chi connectivity index (χ0v) is 23.5. The third-order valence-electron chi connectivity index (χ3n) is 6.26. The molecular formula is C29H34ClN3O4S. The molecule has 0 saturated carbocycles. The number of halogens is 1. The number of benzene rings is 3. The van der Waals surface area contributed by atoms with Crippen molar-refractivity contribution >= 4 is 39.1 Å². The minimum Gasteiger partial charge on any atom is -0.354 e. The van der Waals surface area contributed by atoms with Crippen LogP contribution < -0.4 is 9.62 Å². The largest absolute Gasteiger partial charge is 0.354 e. The first kappa shape index (κ1) is 29.2. The van der Waals surface area contributed by atoms with Crippen molar-refractivity contribution in [2.24, 2.45) is 0 Å². The van der Waals surface area contributed by atoms with Crippen molar-refractivity contribution in [3.05, 3.63) is 95.0 Å². The van der Waals surface area contributed by atoms with Crippen molar-refractivity contribution in [2.75, 3.05) is 17.4 Å². The van der Waals surface area contributed by atoms with E-state index >= 15 is 0 Å². The van der Waals surface area contributed by atoms with Gasteiger partial charge in [-0.15, -0.1) is 0 Å². The molecule has 0 aliphatic rings. The lowest BCUT2D eigenvalue weighted by Crippen LogP contribution is -2.51. The van der Waals surface area contributed by atoms with Gasteiger partial charge in [0.2, 0.25) is 11.8 Å². The molecule has 3 aromatic carbocycles. The van der Waals surface area contributed by atoms with Gasteiger partial charge in [-0.2, -0.15) is 0 Å². The van der Waals surface area contributed by atoms with Crippen LogP contribution in [0.4, 0.5) is 5.69 Å². The van der Waals surface area contributed by atoms with Crippen LogP contribution in [-0.4, -0.2) is 44.3 Å². The highest BCUT2D eigenvalue weighted by molar-refractivity contribution is 7.92. The van der Waals surface area contributed by atoms with Crippen molar-refractivity contribution in [1.29, 1.82) is 0 Å². The number of rotatable bonds is 12. The van der Waals surface area contributed by atoms with Gasteiger partial charge >= 0.3 is 0 Å². The highest BCUT2D eigenvalue weighted by Gasteiger charge is 2.32. The molecule has 0 spiro atoms. The fourth-order valence-corrected chi connectivity index (χ4v) is 5.61. The summed E-state index contributed by atoms with van der Waals surface area (Å²) >= 11 is 6.04. The summed E-state index contributed by atoms with van der Waals surface area (Å²) in [5.74, 6) is -0.796. The first-order chi connectivity index (χ1) is 18.1. The van der Waals surface area contributed by atoms with Gasteiger partial charge in [0.05, 0.1) is 10.6 Å². The monoisotopic (exact) mass is 555 g/mol. The van der Waals surface area contributed by atoms with Gasteiger partial charge in [-0.25, -0.2) is 8.42 Å². The van der Waals surface area contributed by atoms with Crippen LogP contribution in [0.1, 0.15) is 37.8 Å². The Morgan fingerprint density at radius 2 is 1.58 bits per heavy atom. The van der Waals surface area contributed by atoms with E-state index in [0.29, 0.717) is 22.8 Å². The van der Waals surface area contributed by atoms with Crippen LogP contribution in [0.25, 0.3) is 0 Å². The molecule has 38 heavy (non-hydrogen) atoms. The summed E-state index contributed by atoms with van der Waals surface area (Å²) in [5, 5.41) is 3.43. The second kappa shape index (κ2) is 13.4. The second-order valence-corrected chi connectivity index (χ2v) is 11.4. The molecule has 3 aromatic rings. The molecule has 9 heteroatoms. The molecule has 3 rings (SSSR count). The molecule has 0 aliphatic heterocycles. The lowest BCUT2D eigenvalue weighted by molar-refractivity contribution is -0.139. The van der Waals surface area contributed by atoms with Crippen LogP contribution in [0, 0.1) is 6.92 Å². The number of sulfonamides is 1. The zero-order chi connectivity index (χ0) is 27.7. The number of para-hydroxylation sites is 1. The van der Waals surface area contributed by atoms with E-state index in [0.717, 1.165) is 22.7 Å². The molecule has 0 heterocycles. The number of hydrogen-bond donors (Lipinski definition) is 1. The molecule has 0 unspecified atom stereocenters. The Bertz CT molecular complexity index is 1330. The first-order valence-electron chi connectivity index (χ1n) is 12.6. The van der Waals surface area contributed by atoms with E-state index in [-0.39, 0.29) is 17.3 Å². The molecule has 0 bridgehead atoms. The van der Waals surface area contributed by atoms with Gasteiger partial charge < -0.3 is 10.2 Å². The quantitative estimate of drug-likeness (QED) is 0.312. The molecule has 1 N–H and O–H groups in total. The molecule has 2 amide bonds. The predicted molar refractivity (Wildman–Crippen MR) is 152 cm³/mol. The number of anilines is 1. The number of carbonyl (C=O) groups excluding carboxylic acids is 2. The lowest BCUT2D eigenvalue weighted by atomic mass is 10.1. The standard InChI is InChI=1S/C29H34ClN3O4S/c1-4-5-19-31-29(35)23(3)32(20-24-15-17-25(30)18-16-24)28(34)21-33(27-14-10-9-11-22(27)2)38(36,37)26-12-7-6-8-13-26/h6-18,23H,4-5,19-21H2,1-3H3,(H,31,35)/t23-/m1/s1. The Hall–Kier alpha value is -3.36. The molecular weight excluding hydrogens is 522 g/mol. The Labute approximate surface area is 230 Å². The topological polar surface area (TPSA) is 86.8 Å². The molecule has 7 nitrogen and oxygen atoms in total. The fourth-order valence-electron chi connectivity index (χ4n) is 3.98. The Morgan fingerprint density at radius 1 is 0.947 bits per heavy atom. The second-order valence-electron chi connectivity index (χ2n) is 9.08. The highest BCUT2D eigenvalue weighted by Crippen LogP contribution is 2.27. The SMILES string of the molecule is CCCCNC(=O)[C@@H](C)N(Cc1ccc(Cl)cc1)C(=O)CN(c1ccccc1C)S(=O)(=O)c1ccccc1. The first-order valence-corrected chi connectivity index (χ1v) is 14.4. The Morgan fingerprint density at radius 3 is 2.21 bits per heavy atom. The van der Waals surface area contributed by atoms with Gasteiger partial charge in [0, 0.05) is 18.1 Å². The van der Waals surface area contributed by atoms with Crippen molar-refractivity contribution in [2.45, 2.75) is 51.1 Å². The van der Waals surface area contributed by atoms with Gasteiger partial charge in [0.25, 0.3) is 10.0 Å². The van der Waals surface area contributed by atoms with Gasteiger partial charge in [0.1, 0.15) is 12.6 Å². The van der Waals surface area contributed by atoms with E-state index in [1.54, 1.807) is 74.5 Å². The van der Waals surface area contributed by atoms with Crippen LogP contribution in [0.3, 0.4) is 0 Å². The number of hydrogen-bond acceptors (Lipinski definition) is 4. The number of unbranched alkanes of at least 4 members (excludes halogenated alkanes) is 1. The molecule has 0 radical (unpaired) electrons. The molecule has 0 saturated heterocycles. The zero-order valence-electron chi connectivity index (χ0n) is 21.9. The van der Waals surface area contributed by atoms with Crippen LogP contribution in [0.15, 0.2) is 83.8 Å². The van der Waals surface area contributed by atoms with Crippen LogP contribution in [0.5, 0.6) is 0 Å². The lowest BCUT2D eigenvalue weighted by Gasteiger charge is -2.32. The maximum absolute atomic E-state index is 13.9. The average molecular weight is 556 g/mol. The summed E-state index contributed by atoms with van der Waals surface area (Å²) in [6, 6.07) is 21.2. The number of carbonyl (C=O) groups is 2. The predicted octanol–water partition coefficient (Wildman–Crippen LogP) is 5.18. The van der Waals surface area contributed by atoms with Crippen LogP contribution in [0.2, 0.25) is 5.02 Å². The summed E-state index contributed by atoms with van der Waals surface area (Å²) in [6.45, 7) is 5.62. The van der Waals surface area contributed by atoms with E-state index in [4.69, 9.17) is 11.6 Å². The Kier molecular flexibility index (Phi) is 10.3. The summed E-state index contributed by atoms with van der Waals surface area (Å²) < 4.78 is 28.7. The number of nitrogens with one attached hydrogen (secondary N) is 1.